The van der Waals surface area contributed by atoms with E-state index in [0.717, 1.165) is 5.56 Å². The fraction of sp³-hybridized carbons (Fsp3) is 0.526. The van der Waals surface area contributed by atoms with Gasteiger partial charge in [-0.15, -0.1) is 6.42 Å². The number of terminal acetylenes is 1. The van der Waals surface area contributed by atoms with E-state index < -0.39 is 11.7 Å². The summed E-state index contributed by atoms with van der Waals surface area (Å²) >= 11 is 0. The fourth-order valence-electron chi connectivity index (χ4n) is 2.18. The zero-order valence-corrected chi connectivity index (χ0v) is 14.6. The van der Waals surface area contributed by atoms with Crippen molar-refractivity contribution in [1.29, 1.82) is 0 Å². The molecule has 1 aromatic carbocycles. The Labute approximate surface area is 139 Å². The Kier molecular flexibility index (Phi) is 7.12. The van der Waals surface area contributed by atoms with Gasteiger partial charge in [-0.25, -0.2) is 4.79 Å². The second kappa shape index (κ2) is 8.59. The van der Waals surface area contributed by atoms with Crippen LogP contribution in [0.5, 0.6) is 0 Å². The molecule has 0 aliphatic heterocycles. The predicted molar refractivity (Wildman–Crippen MR) is 91.8 cm³/mol. The van der Waals surface area contributed by atoms with Crippen molar-refractivity contribution in [1.82, 2.24) is 5.32 Å². The van der Waals surface area contributed by atoms with Gasteiger partial charge in [-0.1, -0.05) is 36.3 Å². The summed E-state index contributed by atoms with van der Waals surface area (Å²) in [5.41, 5.74) is 0.549. The van der Waals surface area contributed by atoms with Gasteiger partial charge in [-0.05, 0) is 40.2 Å². The van der Waals surface area contributed by atoms with Gasteiger partial charge in [-0.2, -0.15) is 0 Å². The molecular formula is C19H27NO3. The lowest BCUT2D eigenvalue weighted by Gasteiger charge is -2.27. The molecule has 0 aromatic heterocycles. The fourth-order valence-corrected chi connectivity index (χ4v) is 2.18. The summed E-state index contributed by atoms with van der Waals surface area (Å²) in [6.45, 7) is 9.72. The number of ether oxygens (including phenoxy) is 2. The van der Waals surface area contributed by atoms with Crippen LogP contribution in [-0.4, -0.2) is 23.8 Å². The Morgan fingerprint density at radius 3 is 2.39 bits per heavy atom. The van der Waals surface area contributed by atoms with Gasteiger partial charge in [0, 0.05) is 6.04 Å². The average Bonchev–Trinajstić information content (AvgIpc) is 2.44. The van der Waals surface area contributed by atoms with Crippen LogP contribution in [0.15, 0.2) is 30.3 Å². The quantitative estimate of drug-likeness (QED) is 0.813. The van der Waals surface area contributed by atoms with Crippen molar-refractivity contribution >= 4 is 6.09 Å². The second-order valence-corrected chi connectivity index (χ2v) is 6.63. The van der Waals surface area contributed by atoms with Crippen LogP contribution in [0.2, 0.25) is 0 Å². The highest BCUT2D eigenvalue weighted by Crippen LogP contribution is 2.15. The number of hydrogen-bond donors (Lipinski definition) is 1. The Morgan fingerprint density at radius 1 is 1.26 bits per heavy atom. The van der Waals surface area contributed by atoms with E-state index in [0.29, 0.717) is 6.61 Å². The molecule has 0 aliphatic carbocycles. The molecule has 3 atom stereocenters. The molecule has 23 heavy (non-hydrogen) atoms. The maximum atomic E-state index is 11.8. The molecular weight excluding hydrogens is 290 g/mol. The molecule has 1 rings (SSSR count). The summed E-state index contributed by atoms with van der Waals surface area (Å²) in [5, 5.41) is 2.78. The van der Waals surface area contributed by atoms with Gasteiger partial charge < -0.3 is 14.8 Å². The Hall–Kier alpha value is -1.99. The number of amides is 1. The minimum atomic E-state index is -0.537. The van der Waals surface area contributed by atoms with E-state index >= 15 is 0 Å². The van der Waals surface area contributed by atoms with Crippen LogP contribution in [0.4, 0.5) is 4.79 Å². The SMILES string of the molecule is C#C[C@H]([C@H](C)NC(=O)OC(C)(C)C)[C@@H](C)OCc1ccccc1. The molecule has 0 heterocycles. The molecule has 1 aromatic rings. The van der Waals surface area contributed by atoms with Gasteiger partial charge in [0.2, 0.25) is 0 Å². The minimum absolute atomic E-state index is 0.190. The first-order valence-electron chi connectivity index (χ1n) is 7.84. The summed E-state index contributed by atoms with van der Waals surface area (Å²) in [4.78, 5) is 11.8. The Balaban J connectivity index is 2.53. The normalized spacial score (nSPS) is 15.1. The predicted octanol–water partition coefficient (Wildman–Crippen LogP) is 3.75. The summed E-state index contributed by atoms with van der Waals surface area (Å²) in [5.74, 6) is 2.47. The molecule has 0 saturated carbocycles. The van der Waals surface area contributed by atoms with Crippen molar-refractivity contribution in [3.05, 3.63) is 35.9 Å². The number of rotatable bonds is 6. The first-order valence-corrected chi connectivity index (χ1v) is 7.84. The molecule has 1 amide bonds. The monoisotopic (exact) mass is 317 g/mol. The van der Waals surface area contributed by atoms with Crippen molar-refractivity contribution in [2.45, 2.75) is 59.0 Å². The highest BCUT2D eigenvalue weighted by molar-refractivity contribution is 5.68. The topological polar surface area (TPSA) is 47.6 Å². The smallest absolute Gasteiger partial charge is 0.407 e. The first-order chi connectivity index (χ1) is 10.7. The lowest BCUT2D eigenvalue weighted by atomic mass is 9.96. The van der Waals surface area contributed by atoms with E-state index in [1.807, 2.05) is 65.0 Å². The molecule has 0 aliphatic rings. The van der Waals surface area contributed by atoms with E-state index in [1.165, 1.54) is 0 Å². The van der Waals surface area contributed by atoms with Crippen LogP contribution in [-0.2, 0) is 16.1 Å². The molecule has 0 fully saturated rings. The maximum absolute atomic E-state index is 11.8. The Morgan fingerprint density at radius 2 is 1.87 bits per heavy atom. The average molecular weight is 317 g/mol. The van der Waals surface area contributed by atoms with Crippen LogP contribution in [0.3, 0.4) is 0 Å². The molecule has 0 unspecified atom stereocenters. The number of nitrogens with one attached hydrogen (secondary N) is 1. The van der Waals surface area contributed by atoms with E-state index in [4.69, 9.17) is 15.9 Å². The molecule has 1 N–H and O–H groups in total. The molecule has 126 valence electrons. The highest BCUT2D eigenvalue weighted by Gasteiger charge is 2.26. The van der Waals surface area contributed by atoms with Crippen LogP contribution in [0.1, 0.15) is 40.2 Å². The van der Waals surface area contributed by atoms with E-state index in [2.05, 4.69) is 11.2 Å². The maximum Gasteiger partial charge on any atom is 0.407 e. The van der Waals surface area contributed by atoms with Crippen molar-refractivity contribution in [3.8, 4) is 12.3 Å². The van der Waals surface area contributed by atoms with E-state index in [9.17, 15) is 4.79 Å². The van der Waals surface area contributed by atoms with Gasteiger partial charge in [0.15, 0.2) is 0 Å². The third kappa shape index (κ3) is 7.21. The molecule has 4 heteroatoms. The molecule has 0 radical (unpaired) electrons. The summed E-state index contributed by atoms with van der Waals surface area (Å²) < 4.78 is 11.1. The van der Waals surface area contributed by atoms with Crippen molar-refractivity contribution in [2.75, 3.05) is 0 Å². The summed E-state index contributed by atoms with van der Waals surface area (Å²) in [6.07, 6.45) is 4.96. The second-order valence-electron chi connectivity index (χ2n) is 6.63. The molecule has 0 spiro atoms. The van der Waals surface area contributed by atoms with Crippen LogP contribution in [0, 0.1) is 18.3 Å². The molecule has 4 nitrogen and oxygen atoms in total. The van der Waals surface area contributed by atoms with Gasteiger partial charge in [-0.3, -0.25) is 0 Å². The van der Waals surface area contributed by atoms with Crippen LogP contribution < -0.4 is 5.32 Å². The third-order valence-corrected chi connectivity index (χ3v) is 3.34. The Bertz CT molecular complexity index is 528. The number of hydrogen-bond acceptors (Lipinski definition) is 3. The third-order valence-electron chi connectivity index (χ3n) is 3.34. The molecule has 0 bridgehead atoms. The van der Waals surface area contributed by atoms with Crippen molar-refractivity contribution in [2.24, 2.45) is 5.92 Å². The number of alkyl carbamates (subject to hydrolysis) is 1. The largest absolute Gasteiger partial charge is 0.444 e. The van der Waals surface area contributed by atoms with Gasteiger partial charge >= 0.3 is 6.09 Å². The van der Waals surface area contributed by atoms with Crippen LogP contribution in [0.25, 0.3) is 0 Å². The highest BCUT2D eigenvalue weighted by atomic mass is 16.6. The first kappa shape index (κ1) is 19.1. The zero-order chi connectivity index (χ0) is 17.5. The number of carbonyl (C=O) groups excluding carboxylic acids is 1. The van der Waals surface area contributed by atoms with Gasteiger partial charge in [0.1, 0.15) is 5.60 Å². The standard InChI is InChI=1S/C19H27NO3/c1-7-17(14(2)20-18(21)23-19(4,5)6)15(3)22-13-16-11-9-8-10-12-16/h1,8-12,14-15,17H,13H2,2-6H3,(H,20,21)/t14-,15+,17+/m0/s1. The van der Waals surface area contributed by atoms with E-state index in [1.54, 1.807) is 0 Å². The lowest BCUT2D eigenvalue weighted by Crippen LogP contribution is -2.44. The van der Waals surface area contributed by atoms with Gasteiger partial charge in [0.05, 0.1) is 18.6 Å². The molecule has 0 saturated heterocycles. The van der Waals surface area contributed by atoms with Crippen molar-refractivity contribution < 1.29 is 14.3 Å². The lowest BCUT2D eigenvalue weighted by molar-refractivity contribution is 0.0161. The number of benzene rings is 1. The zero-order valence-electron chi connectivity index (χ0n) is 14.6. The summed E-state index contributed by atoms with van der Waals surface area (Å²) in [7, 11) is 0. The summed E-state index contributed by atoms with van der Waals surface area (Å²) in [6, 6.07) is 9.65. The van der Waals surface area contributed by atoms with Crippen molar-refractivity contribution in [3.63, 3.8) is 0 Å². The van der Waals surface area contributed by atoms with Gasteiger partial charge in [0.25, 0.3) is 0 Å². The van der Waals surface area contributed by atoms with Crippen LogP contribution >= 0.6 is 0 Å². The number of carbonyl (C=O) groups is 1. The minimum Gasteiger partial charge on any atom is -0.444 e. The van der Waals surface area contributed by atoms with E-state index in [-0.39, 0.29) is 18.1 Å².